The molecule has 4 atom stereocenters. The lowest BCUT2D eigenvalue weighted by Gasteiger charge is -2.30. The summed E-state index contributed by atoms with van der Waals surface area (Å²) in [6, 6.07) is 15.6. The Balaban J connectivity index is 1.02. The van der Waals surface area contributed by atoms with Crippen LogP contribution < -0.4 is 10.6 Å². The summed E-state index contributed by atoms with van der Waals surface area (Å²) >= 11 is 0. The zero-order chi connectivity index (χ0) is 39.5. The van der Waals surface area contributed by atoms with Crippen molar-refractivity contribution in [2.75, 3.05) is 33.9 Å². The molecule has 0 spiro atoms. The van der Waals surface area contributed by atoms with Gasteiger partial charge in [0.25, 0.3) is 0 Å². The molecule has 56 heavy (non-hydrogen) atoms. The predicted octanol–water partition coefficient (Wildman–Crippen LogP) is 7.44. The van der Waals surface area contributed by atoms with Crippen molar-refractivity contribution in [3.05, 3.63) is 72.6 Å². The van der Waals surface area contributed by atoms with Gasteiger partial charge in [0, 0.05) is 35.6 Å². The molecule has 3 aromatic heterocycles. The summed E-state index contributed by atoms with van der Waals surface area (Å²) < 4.78 is 15.9. The van der Waals surface area contributed by atoms with Gasteiger partial charge in [-0.3, -0.25) is 9.69 Å². The van der Waals surface area contributed by atoms with Crippen LogP contribution in [-0.2, 0) is 14.3 Å². The number of aromatic nitrogens is 4. The lowest BCUT2D eigenvalue weighted by molar-refractivity contribution is -0.135. The van der Waals surface area contributed by atoms with E-state index < -0.39 is 18.2 Å². The average Bonchev–Trinajstić information content (AvgIpc) is 4.05. The number of fused-ring (bicyclic) bond motifs is 1. The van der Waals surface area contributed by atoms with Crippen LogP contribution in [0.5, 0.6) is 0 Å². The fourth-order valence-corrected chi connectivity index (χ4v) is 7.91. The van der Waals surface area contributed by atoms with Crippen LogP contribution in [0, 0.1) is 11.8 Å². The number of methoxy groups -OCH3 is 2. The van der Waals surface area contributed by atoms with Gasteiger partial charge in [0.2, 0.25) is 5.91 Å². The van der Waals surface area contributed by atoms with Gasteiger partial charge >= 0.3 is 12.2 Å². The standard InChI is InChI=1S/C42H52N8O6/c1-24(2)32(47-41(52)54-5)23-49-17-7-9-33(49)38-43-21-30(45-38)26-11-13-27(14-12-26)36-20-29-19-28(15-16-35(29)56-36)31-22-44-39(46-31)34-10-8-18-50(34)40(51)37(25(3)4)48-42(53)55-6/h11-16,19-22,24-25,32-34,37H,7-10,17-18,23H2,1-6H3,(H,43,45)(H,44,46)(H,47,52)(H,48,53). The highest BCUT2D eigenvalue weighted by Crippen LogP contribution is 2.36. The molecule has 2 saturated heterocycles. The number of furan rings is 1. The normalized spacial score (nSPS) is 18.5. The van der Waals surface area contributed by atoms with Gasteiger partial charge in [0.15, 0.2) is 0 Å². The first-order chi connectivity index (χ1) is 27.0. The van der Waals surface area contributed by atoms with Crippen molar-refractivity contribution in [3.63, 3.8) is 0 Å². The molecule has 2 aromatic carbocycles. The van der Waals surface area contributed by atoms with Crippen LogP contribution in [0.15, 0.2) is 65.3 Å². The molecule has 4 N–H and O–H groups in total. The van der Waals surface area contributed by atoms with Crippen LogP contribution in [0.3, 0.4) is 0 Å². The van der Waals surface area contributed by atoms with Gasteiger partial charge in [-0.1, -0.05) is 52.0 Å². The van der Waals surface area contributed by atoms with Gasteiger partial charge in [-0.25, -0.2) is 19.6 Å². The Labute approximate surface area is 326 Å². The van der Waals surface area contributed by atoms with E-state index in [0.717, 1.165) is 95.2 Å². The molecule has 5 heterocycles. The summed E-state index contributed by atoms with van der Waals surface area (Å²) in [5, 5.41) is 6.66. The zero-order valence-corrected chi connectivity index (χ0v) is 32.9. The molecule has 4 unspecified atom stereocenters. The summed E-state index contributed by atoms with van der Waals surface area (Å²) in [7, 11) is 2.69. The Morgan fingerprint density at radius 1 is 0.786 bits per heavy atom. The van der Waals surface area contributed by atoms with Gasteiger partial charge in [0.1, 0.15) is 29.0 Å². The smallest absolute Gasteiger partial charge is 0.407 e. The molecule has 296 valence electrons. The van der Waals surface area contributed by atoms with Gasteiger partial charge in [0.05, 0.1) is 50.1 Å². The highest BCUT2D eigenvalue weighted by Gasteiger charge is 2.37. The summed E-state index contributed by atoms with van der Waals surface area (Å²) in [5.74, 6) is 2.43. The minimum absolute atomic E-state index is 0.0253. The molecule has 0 radical (unpaired) electrons. The molecule has 2 fully saturated rings. The number of likely N-dealkylation sites (tertiary alicyclic amines) is 2. The van der Waals surface area contributed by atoms with Gasteiger partial charge < -0.3 is 39.4 Å². The number of amides is 3. The summed E-state index contributed by atoms with van der Waals surface area (Å²) in [6.07, 6.45) is 6.37. The van der Waals surface area contributed by atoms with Crippen LogP contribution in [-0.4, -0.2) is 93.8 Å². The maximum Gasteiger partial charge on any atom is 0.407 e. The highest BCUT2D eigenvalue weighted by atomic mass is 16.5. The second kappa shape index (κ2) is 16.6. The predicted molar refractivity (Wildman–Crippen MR) is 212 cm³/mol. The lowest BCUT2D eigenvalue weighted by Crippen LogP contribution is -2.51. The Bertz CT molecular complexity index is 2150. The molecular weight excluding hydrogens is 713 g/mol. The second-order valence-electron chi connectivity index (χ2n) is 15.5. The maximum absolute atomic E-state index is 13.6. The molecule has 2 aliphatic heterocycles. The third kappa shape index (κ3) is 8.15. The lowest BCUT2D eigenvalue weighted by atomic mass is 10.0. The maximum atomic E-state index is 13.6. The largest absolute Gasteiger partial charge is 0.456 e. The summed E-state index contributed by atoms with van der Waals surface area (Å²) in [6.45, 7) is 10.3. The average molecular weight is 765 g/mol. The SMILES string of the molecule is COC(=O)NC(CN1CCCC1c1ncc(-c2ccc(-c3cc4cc(-c5cnc(C6CCCN6C(=O)C(NC(=O)OC)C(C)C)[nH]5)ccc4o3)cc2)[nH]1)C(C)C. The van der Waals surface area contributed by atoms with Crippen molar-refractivity contribution in [2.45, 2.75) is 77.5 Å². The van der Waals surface area contributed by atoms with E-state index in [2.05, 4.69) is 69.7 Å². The highest BCUT2D eigenvalue weighted by molar-refractivity contribution is 5.88. The van der Waals surface area contributed by atoms with Crippen molar-refractivity contribution < 1.29 is 28.3 Å². The van der Waals surface area contributed by atoms with E-state index in [1.807, 2.05) is 43.1 Å². The third-order valence-electron chi connectivity index (χ3n) is 11.1. The molecular formula is C42H52N8O6. The van der Waals surface area contributed by atoms with Crippen LogP contribution in [0.25, 0.3) is 44.8 Å². The monoisotopic (exact) mass is 764 g/mol. The van der Waals surface area contributed by atoms with E-state index in [1.54, 1.807) is 6.20 Å². The fraction of sp³-hybridized carbons (Fsp3) is 0.452. The van der Waals surface area contributed by atoms with Gasteiger partial charge in [-0.05, 0) is 73.9 Å². The third-order valence-corrected chi connectivity index (χ3v) is 11.1. The van der Waals surface area contributed by atoms with Crippen LogP contribution in [0.1, 0.15) is 77.1 Å². The number of nitrogens with zero attached hydrogens (tertiary/aromatic N) is 4. The Kier molecular flexibility index (Phi) is 11.5. The summed E-state index contributed by atoms with van der Waals surface area (Å²) in [4.78, 5) is 58.2. The number of H-pyrrole nitrogens is 2. The van der Waals surface area contributed by atoms with E-state index in [9.17, 15) is 14.4 Å². The number of ether oxygens (including phenoxy) is 2. The molecule has 0 saturated carbocycles. The van der Waals surface area contributed by atoms with Crippen LogP contribution in [0.4, 0.5) is 9.59 Å². The Hall–Kier alpha value is -5.63. The molecule has 3 amide bonds. The first kappa shape index (κ1) is 38.6. The van der Waals surface area contributed by atoms with Gasteiger partial charge in [-0.15, -0.1) is 0 Å². The van der Waals surface area contributed by atoms with Gasteiger partial charge in [-0.2, -0.15) is 0 Å². The molecule has 7 rings (SSSR count). The quantitative estimate of drug-likeness (QED) is 0.101. The summed E-state index contributed by atoms with van der Waals surface area (Å²) in [5.41, 5.74) is 5.51. The second-order valence-corrected chi connectivity index (χ2v) is 15.5. The van der Waals surface area contributed by atoms with Crippen LogP contribution >= 0.6 is 0 Å². The topological polar surface area (TPSA) is 171 Å². The number of hydrogen-bond donors (Lipinski definition) is 4. The number of benzene rings is 2. The number of nitrogens with one attached hydrogen (secondary N) is 4. The number of rotatable bonds is 12. The molecule has 5 aromatic rings. The number of carbonyl (C=O) groups excluding carboxylic acids is 3. The van der Waals surface area contributed by atoms with Crippen LogP contribution in [0.2, 0.25) is 0 Å². The number of aromatic amines is 2. The molecule has 14 heteroatoms. The number of carbonyl (C=O) groups is 3. The van der Waals surface area contributed by atoms with E-state index in [4.69, 9.17) is 23.9 Å². The molecule has 0 aliphatic carbocycles. The van der Waals surface area contributed by atoms with E-state index in [-0.39, 0.29) is 35.9 Å². The number of hydrogen-bond acceptors (Lipinski definition) is 9. The van der Waals surface area contributed by atoms with E-state index in [0.29, 0.717) is 6.54 Å². The van der Waals surface area contributed by atoms with E-state index in [1.165, 1.54) is 14.2 Å². The number of imidazole rings is 2. The number of alkyl carbamates (subject to hydrolysis) is 2. The van der Waals surface area contributed by atoms with E-state index >= 15 is 0 Å². The minimum Gasteiger partial charge on any atom is -0.456 e. The van der Waals surface area contributed by atoms with Crippen molar-refractivity contribution in [1.82, 2.24) is 40.4 Å². The Morgan fingerprint density at radius 2 is 1.39 bits per heavy atom. The molecule has 14 nitrogen and oxygen atoms in total. The molecule has 2 aliphatic rings. The van der Waals surface area contributed by atoms with Crippen molar-refractivity contribution >= 4 is 29.1 Å². The first-order valence-electron chi connectivity index (χ1n) is 19.5. The zero-order valence-electron chi connectivity index (χ0n) is 32.9. The fourth-order valence-electron chi connectivity index (χ4n) is 7.91. The molecule has 0 bridgehead atoms. The van der Waals surface area contributed by atoms with Crippen molar-refractivity contribution in [1.29, 1.82) is 0 Å². The van der Waals surface area contributed by atoms with Crippen molar-refractivity contribution in [3.8, 4) is 33.8 Å². The first-order valence-corrected chi connectivity index (χ1v) is 19.5. The minimum atomic E-state index is -0.689. The van der Waals surface area contributed by atoms with Crippen molar-refractivity contribution in [2.24, 2.45) is 11.8 Å². The Morgan fingerprint density at radius 3 is 2.07 bits per heavy atom.